The van der Waals surface area contributed by atoms with Gasteiger partial charge in [-0.2, -0.15) is 0 Å². The van der Waals surface area contributed by atoms with Crippen molar-refractivity contribution >= 4 is 11.6 Å². The Morgan fingerprint density at radius 1 is 1.52 bits per heavy atom. The first-order valence-corrected chi connectivity index (χ1v) is 6.59. The summed E-state index contributed by atoms with van der Waals surface area (Å²) in [5.41, 5.74) is 8.69. The summed E-state index contributed by atoms with van der Waals surface area (Å²) in [6, 6.07) is 6.06. The SMILES string of the molecule is CC(C(=O)NCCCCN=[N+]=[N-])c1cccc([N+](=O)[O-])c1. The molecule has 0 aliphatic carbocycles. The highest BCUT2D eigenvalue weighted by atomic mass is 16.6. The van der Waals surface area contributed by atoms with E-state index in [1.165, 1.54) is 12.1 Å². The molecular weight excluding hydrogens is 274 g/mol. The zero-order valence-electron chi connectivity index (χ0n) is 11.7. The fraction of sp³-hybridized carbons (Fsp3) is 0.462. The summed E-state index contributed by atoms with van der Waals surface area (Å²) in [6.45, 7) is 2.60. The number of hydrogen-bond donors (Lipinski definition) is 1. The number of carbonyl (C=O) groups excluding carboxylic acids is 1. The lowest BCUT2D eigenvalue weighted by molar-refractivity contribution is -0.384. The molecule has 0 heterocycles. The van der Waals surface area contributed by atoms with Crippen molar-refractivity contribution in [3.05, 3.63) is 50.4 Å². The fourth-order valence-corrected chi connectivity index (χ4v) is 1.78. The van der Waals surface area contributed by atoms with Gasteiger partial charge in [0, 0.05) is 30.1 Å². The van der Waals surface area contributed by atoms with Gasteiger partial charge in [0.05, 0.1) is 10.8 Å². The first kappa shape index (κ1) is 16.5. The molecule has 0 aliphatic rings. The minimum atomic E-state index is -0.482. The van der Waals surface area contributed by atoms with Gasteiger partial charge < -0.3 is 5.32 Å². The van der Waals surface area contributed by atoms with Crippen LogP contribution in [0.15, 0.2) is 29.4 Å². The van der Waals surface area contributed by atoms with E-state index in [-0.39, 0.29) is 11.6 Å². The van der Waals surface area contributed by atoms with Crippen LogP contribution in [0.4, 0.5) is 5.69 Å². The molecule has 1 amide bonds. The normalized spacial score (nSPS) is 11.3. The Bertz CT molecular complexity index is 554. The Labute approximate surface area is 121 Å². The van der Waals surface area contributed by atoms with Gasteiger partial charge in [0.25, 0.3) is 5.69 Å². The molecule has 1 atom stereocenters. The Hall–Kier alpha value is -2.60. The molecule has 8 heteroatoms. The van der Waals surface area contributed by atoms with Crippen LogP contribution >= 0.6 is 0 Å². The van der Waals surface area contributed by atoms with Gasteiger partial charge in [0.15, 0.2) is 0 Å². The van der Waals surface area contributed by atoms with Crippen molar-refractivity contribution in [3.8, 4) is 0 Å². The minimum absolute atomic E-state index is 0.0264. The molecule has 0 spiro atoms. The third-order valence-corrected chi connectivity index (χ3v) is 3.02. The van der Waals surface area contributed by atoms with Crippen molar-refractivity contribution in [1.29, 1.82) is 0 Å². The zero-order chi connectivity index (χ0) is 15.7. The summed E-state index contributed by atoms with van der Waals surface area (Å²) in [5, 5.41) is 16.9. The van der Waals surface area contributed by atoms with Crippen molar-refractivity contribution in [2.24, 2.45) is 5.11 Å². The maximum absolute atomic E-state index is 12.0. The molecule has 21 heavy (non-hydrogen) atoms. The largest absolute Gasteiger partial charge is 0.356 e. The van der Waals surface area contributed by atoms with Gasteiger partial charge >= 0.3 is 0 Å². The molecular formula is C13H17N5O3. The number of nitro benzene ring substituents is 1. The maximum Gasteiger partial charge on any atom is 0.269 e. The quantitative estimate of drug-likeness (QED) is 0.198. The summed E-state index contributed by atoms with van der Waals surface area (Å²) >= 11 is 0. The fourth-order valence-electron chi connectivity index (χ4n) is 1.78. The molecule has 1 N–H and O–H groups in total. The van der Waals surface area contributed by atoms with Crippen LogP contribution < -0.4 is 5.32 Å². The molecule has 112 valence electrons. The van der Waals surface area contributed by atoms with Gasteiger partial charge in [-0.25, -0.2) is 0 Å². The van der Waals surface area contributed by atoms with Gasteiger partial charge in [-0.15, -0.1) is 0 Å². The summed E-state index contributed by atoms with van der Waals surface area (Å²) in [5.74, 6) is -0.638. The molecule has 0 saturated heterocycles. The minimum Gasteiger partial charge on any atom is -0.356 e. The van der Waals surface area contributed by atoms with E-state index < -0.39 is 10.8 Å². The van der Waals surface area contributed by atoms with Crippen LogP contribution in [0.25, 0.3) is 10.4 Å². The van der Waals surface area contributed by atoms with E-state index in [1.807, 2.05) is 0 Å². The van der Waals surface area contributed by atoms with Crippen molar-refractivity contribution < 1.29 is 9.72 Å². The number of non-ortho nitro benzene ring substituents is 1. The molecule has 0 bridgehead atoms. The Kier molecular flexibility index (Phi) is 6.70. The van der Waals surface area contributed by atoms with Crippen molar-refractivity contribution in [1.82, 2.24) is 5.32 Å². The molecule has 8 nitrogen and oxygen atoms in total. The van der Waals surface area contributed by atoms with E-state index >= 15 is 0 Å². The first-order valence-electron chi connectivity index (χ1n) is 6.59. The van der Waals surface area contributed by atoms with E-state index in [0.717, 1.165) is 0 Å². The topological polar surface area (TPSA) is 121 Å². The standard InChI is InChI=1S/C13H17N5O3/c1-10(11-5-4-6-12(9-11)18(20)21)13(19)15-7-2-3-8-16-17-14/h4-6,9-10H,2-3,7-8H2,1H3,(H,15,19). The van der Waals surface area contributed by atoms with Crippen LogP contribution in [0.2, 0.25) is 0 Å². The lowest BCUT2D eigenvalue weighted by Gasteiger charge is -2.12. The van der Waals surface area contributed by atoms with E-state index in [1.54, 1.807) is 19.1 Å². The highest BCUT2D eigenvalue weighted by Gasteiger charge is 2.17. The van der Waals surface area contributed by atoms with Crippen LogP contribution in [0.1, 0.15) is 31.2 Å². The molecule has 0 saturated carbocycles. The molecule has 1 aromatic rings. The number of hydrogen-bond acceptors (Lipinski definition) is 4. The smallest absolute Gasteiger partial charge is 0.269 e. The van der Waals surface area contributed by atoms with Crippen molar-refractivity contribution in [2.45, 2.75) is 25.7 Å². The van der Waals surface area contributed by atoms with Crippen LogP contribution in [0, 0.1) is 10.1 Å². The molecule has 0 aliphatic heterocycles. The second-order valence-electron chi connectivity index (χ2n) is 4.53. The summed E-state index contributed by atoms with van der Waals surface area (Å²) < 4.78 is 0. The molecule has 0 fully saturated rings. The number of nitrogens with one attached hydrogen (secondary N) is 1. The third-order valence-electron chi connectivity index (χ3n) is 3.02. The van der Waals surface area contributed by atoms with Crippen LogP contribution in [0.3, 0.4) is 0 Å². The predicted octanol–water partition coefficient (Wildman–Crippen LogP) is 2.91. The maximum atomic E-state index is 12.0. The third kappa shape index (κ3) is 5.50. The highest BCUT2D eigenvalue weighted by molar-refractivity contribution is 5.83. The van der Waals surface area contributed by atoms with Gasteiger partial charge in [0.2, 0.25) is 5.91 Å². The second kappa shape index (κ2) is 8.55. The number of benzene rings is 1. The van der Waals surface area contributed by atoms with E-state index in [9.17, 15) is 14.9 Å². The highest BCUT2D eigenvalue weighted by Crippen LogP contribution is 2.20. The number of nitrogens with zero attached hydrogens (tertiary/aromatic N) is 4. The van der Waals surface area contributed by atoms with Gasteiger partial charge in [-0.1, -0.05) is 17.2 Å². The lowest BCUT2D eigenvalue weighted by Crippen LogP contribution is -2.29. The molecule has 1 aromatic carbocycles. The van der Waals surface area contributed by atoms with E-state index in [2.05, 4.69) is 15.3 Å². The Balaban J connectivity index is 2.48. The number of carbonyl (C=O) groups is 1. The molecule has 0 radical (unpaired) electrons. The Morgan fingerprint density at radius 2 is 2.29 bits per heavy atom. The summed E-state index contributed by atoms with van der Waals surface area (Å²) in [6.07, 6.45) is 1.42. The average Bonchev–Trinajstić information content (AvgIpc) is 2.49. The van der Waals surface area contributed by atoms with Crippen LogP contribution in [-0.4, -0.2) is 23.9 Å². The Morgan fingerprint density at radius 3 is 2.95 bits per heavy atom. The van der Waals surface area contributed by atoms with Crippen LogP contribution in [0.5, 0.6) is 0 Å². The predicted molar refractivity (Wildman–Crippen MR) is 77.8 cm³/mol. The van der Waals surface area contributed by atoms with Gasteiger partial charge in [-0.3, -0.25) is 14.9 Å². The van der Waals surface area contributed by atoms with Gasteiger partial charge in [-0.05, 0) is 30.9 Å². The molecule has 0 aromatic heterocycles. The van der Waals surface area contributed by atoms with E-state index in [4.69, 9.17) is 5.53 Å². The zero-order valence-corrected chi connectivity index (χ0v) is 11.7. The monoisotopic (exact) mass is 291 g/mol. The number of rotatable bonds is 8. The van der Waals surface area contributed by atoms with E-state index in [0.29, 0.717) is 31.5 Å². The lowest BCUT2D eigenvalue weighted by atomic mass is 10.00. The van der Waals surface area contributed by atoms with Gasteiger partial charge in [0.1, 0.15) is 0 Å². The second-order valence-corrected chi connectivity index (χ2v) is 4.53. The summed E-state index contributed by atoms with van der Waals surface area (Å²) in [7, 11) is 0. The molecule has 1 unspecified atom stereocenters. The number of unbranched alkanes of at least 4 members (excludes halogenated alkanes) is 1. The van der Waals surface area contributed by atoms with Crippen molar-refractivity contribution in [3.63, 3.8) is 0 Å². The van der Waals surface area contributed by atoms with Crippen molar-refractivity contribution in [2.75, 3.05) is 13.1 Å². The first-order chi connectivity index (χ1) is 10.1. The summed E-state index contributed by atoms with van der Waals surface area (Å²) in [4.78, 5) is 24.8. The number of amides is 1. The van der Waals surface area contributed by atoms with Crippen LogP contribution in [-0.2, 0) is 4.79 Å². The average molecular weight is 291 g/mol. The molecule has 1 rings (SSSR count). The number of nitro groups is 1. The number of azide groups is 1.